The van der Waals surface area contributed by atoms with Crippen molar-refractivity contribution in [3.63, 3.8) is 0 Å². The number of hydrogen-bond acceptors (Lipinski definition) is 5. The molecule has 0 saturated carbocycles. The highest BCUT2D eigenvalue weighted by Crippen LogP contribution is 2.22. The Morgan fingerprint density at radius 1 is 1.12 bits per heavy atom. The van der Waals surface area contributed by atoms with Crippen LogP contribution in [0.15, 0.2) is 55.0 Å². The van der Waals surface area contributed by atoms with Gasteiger partial charge in [0.15, 0.2) is 0 Å². The molecule has 1 aliphatic heterocycles. The molecule has 3 aromatic rings. The highest BCUT2D eigenvalue weighted by atomic mass is 16.1. The number of anilines is 2. The molecule has 0 bridgehead atoms. The quantitative estimate of drug-likeness (QED) is 0.798. The van der Waals surface area contributed by atoms with Gasteiger partial charge in [-0.2, -0.15) is 0 Å². The van der Waals surface area contributed by atoms with Gasteiger partial charge in [0, 0.05) is 30.9 Å². The van der Waals surface area contributed by atoms with E-state index in [1.54, 1.807) is 24.7 Å². The van der Waals surface area contributed by atoms with Crippen molar-refractivity contribution in [2.45, 2.75) is 12.8 Å². The number of piperidine rings is 1. The average Bonchev–Trinajstić information content (AvgIpc) is 2.69. The van der Waals surface area contributed by atoms with Gasteiger partial charge in [0.1, 0.15) is 0 Å². The number of benzene rings is 1. The minimum absolute atomic E-state index is 0.0257. The average molecular weight is 333 g/mol. The van der Waals surface area contributed by atoms with Crippen LogP contribution in [-0.2, 0) is 4.79 Å². The van der Waals surface area contributed by atoms with Crippen molar-refractivity contribution < 1.29 is 4.79 Å². The van der Waals surface area contributed by atoms with E-state index in [-0.39, 0.29) is 11.8 Å². The van der Waals surface area contributed by atoms with E-state index in [9.17, 15) is 4.79 Å². The van der Waals surface area contributed by atoms with E-state index in [4.69, 9.17) is 0 Å². The van der Waals surface area contributed by atoms with Gasteiger partial charge in [0.2, 0.25) is 11.9 Å². The summed E-state index contributed by atoms with van der Waals surface area (Å²) in [5.74, 6) is 0.633. The molecule has 1 aromatic carbocycles. The van der Waals surface area contributed by atoms with E-state index < -0.39 is 0 Å². The first-order valence-corrected chi connectivity index (χ1v) is 8.47. The molecule has 6 heteroatoms. The summed E-state index contributed by atoms with van der Waals surface area (Å²) >= 11 is 0. The lowest BCUT2D eigenvalue weighted by atomic mass is 9.97. The van der Waals surface area contributed by atoms with E-state index >= 15 is 0 Å². The lowest BCUT2D eigenvalue weighted by Crippen LogP contribution is -2.41. The van der Waals surface area contributed by atoms with E-state index in [1.165, 1.54) is 0 Å². The van der Waals surface area contributed by atoms with Gasteiger partial charge >= 0.3 is 0 Å². The first-order chi connectivity index (χ1) is 12.3. The largest absolute Gasteiger partial charge is 0.340 e. The molecule has 4 rings (SSSR count). The third-order valence-electron chi connectivity index (χ3n) is 4.49. The summed E-state index contributed by atoms with van der Waals surface area (Å²) in [4.78, 5) is 27.7. The van der Waals surface area contributed by atoms with Crippen LogP contribution in [0.4, 0.5) is 11.6 Å². The zero-order valence-electron chi connectivity index (χ0n) is 13.8. The molecule has 6 nitrogen and oxygen atoms in total. The number of pyridine rings is 1. The van der Waals surface area contributed by atoms with E-state index in [0.29, 0.717) is 12.5 Å². The van der Waals surface area contributed by atoms with Crippen LogP contribution in [0, 0.1) is 5.92 Å². The van der Waals surface area contributed by atoms with E-state index in [2.05, 4.69) is 25.2 Å². The lowest BCUT2D eigenvalue weighted by molar-refractivity contribution is -0.120. The zero-order valence-corrected chi connectivity index (χ0v) is 13.8. The highest BCUT2D eigenvalue weighted by molar-refractivity contribution is 5.94. The Morgan fingerprint density at radius 2 is 1.96 bits per heavy atom. The number of fused-ring (bicyclic) bond motifs is 1. The predicted molar refractivity (Wildman–Crippen MR) is 97.3 cm³/mol. The third kappa shape index (κ3) is 3.42. The van der Waals surface area contributed by atoms with Gasteiger partial charge in [-0.25, -0.2) is 9.97 Å². The number of para-hydroxylation sites is 1. The molecule has 0 aliphatic carbocycles. The molecule has 1 N–H and O–H groups in total. The molecule has 1 saturated heterocycles. The van der Waals surface area contributed by atoms with Gasteiger partial charge in [0.25, 0.3) is 0 Å². The number of hydrogen-bond donors (Lipinski definition) is 1. The Balaban J connectivity index is 1.46. The smallest absolute Gasteiger partial charge is 0.229 e. The summed E-state index contributed by atoms with van der Waals surface area (Å²) in [6.07, 6.45) is 6.99. The van der Waals surface area contributed by atoms with Crippen LogP contribution in [0.1, 0.15) is 12.8 Å². The van der Waals surface area contributed by atoms with Crippen molar-refractivity contribution >= 4 is 28.4 Å². The van der Waals surface area contributed by atoms with Crippen molar-refractivity contribution in [2.75, 3.05) is 23.3 Å². The van der Waals surface area contributed by atoms with Crippen molar-refractivity contribution in [1.82, 2.24) is 15.0 Å². The van der Waals surface area contributed by atoms with Gasteiger partial charge in [-0.1, -0.05) is 18.2 Å². The molecule has 3 heterocycles. The lowest BCUT2D eigenvalue weighted by Gasteiger charge is -2.31. The standard InChI is InChI=1S/C19H19N5O/c25-18(23-16-11-14-5-1-2-7-17(14)22-12-16)15-6-3-10-24(13-15)19-20-8-4-9-21-19/h1-2,4-5,7-9,11-12,15H,3,6,10,13H2,(H,23,25). The van der Waals surface area contributed by atoms with Crippen molar-refractivity contribution in [3.05, 3.63) is 55.0 Å². The van der Waals surface area contributed by atoms with Crippen LogP contribution in [-0.4, -0.2) is 33.9 Å². The molecule has 1 fully saturated rings. The number of amides is 1. The maximum absolute atomic E-state index is 12.7. The fourth-order valence-electron chi connectivity index (χ4n) is 3.21. The Hall–Kier alpha value is -3.02. The number of carbonyl (C=O) groups excluding carboxylic acids is 1. The second-order valence-electron chi connectivity index (χ2n) is 6.24. The summed E-state index contributed by atoms with van der Waals surface area (Å²) in [6, 6.07) is 11.6. The molecule has 1 atom stereocenters. The highest BCUT2D eigenvalue weighted by Gasteiger charge is 2.27. The number of aromatic nitrogens is 3. The Labute approximate surface area is 145 Å². The molecule has 25 heavy (non-hydrogen) atoms. The maximum atomic E-state index is 12.7. The number of nitrogens with zero attached hydrogens (tertiary/aromatic N) is 4. The first-order valence-electron chi connectivity index (χ1n) is 8.47. The van der Waals surface area contributed by atoms with Crippen LogP contribution in [0.2, 0.25) is 0 Å². The normalized spacial score (nSPS) is 17.4. The molecule has 1 amide bonds. The summed E-state index contributed by atoms with van der Waals surface area (Å²) in [5.41, 5.74) is 1.65. The minimum atomic E-state index is -0.0796. The maximum Gasteiger partial charge on any atom is 0.229 e. The zero-order chi connectivity index (χ0) is 17.1. The van der Waals surface area contributed by atoms with Crippen molar-refractivity contribution in [3.8, 4) is 0 Å². The second kappa shape index (κ2) is 6.84. The second-order valence-corrected chi connectivity index (χ2v) is 6.24. The van der Waals surface area contributed by atoms with Crippen molar-refractivity contribution in [1.29, 1.82) is 0 Å². The van der Waals surface area contributed by atoms with Crippen LogP contribution in [0.3, 0.4) is 0 Å². The molecule has 1 aliphatic rings. The minimum Gasteiger partial charge on any atom is -0.340 e. The van der Waals surface area contributed by atoms with Crippen LogP contribution >= 0.6 is 0 Å². The summed E-state index contributed by atoms with van der Waals surface area (Å²) in [5, 5.41) is 4.02. The Bertz CT molecular complexity index is 883. The van der Waals surface area contributed by atoms with Gasteiger partial charge in [-0.15, -0.1) is 0 Å². The van der Waals surface area contributed by atoms with Gasteiger partial charge < -0.3 is 10.2 Å². The molecular formula is C19H19N5O. The fraction of sp³-hybridized carbons (Fsp3) is 0.263. The van der Waals surface area contributed by atoms with Gasteiger partial charge in [0.05, 0.1) is 23.3 Å². The Kier molecular flexibility index (Phi) is 4.24. The molecule has 126 valence electrons. The van der Waals surface area contributed by atoms with Crippen LogP contribution < -0.4 is 10.2 Å². The number of carbonyl (C=O) groups is 1. The summed E-state index contributed by atoms with van der Waals surface area (Å²) in [7, 11) is 0. The monoisotopic (exact) mass is 333 g/mol. The van der Waals surface area contributed by atoms with E-state index in [0.717, 1.165) is 36.0 Å². The van der Waals surface area contributed by atoms with E-state index in [1.807, 2.05) is 30.3 Å². The molecule has 0 radical (unpaired) electrons. The topological polar surface area (TPSA) is 71.0 Å². The summed E-state index contributed by atoms with van der Waals surface area (Å²) < 4.78 is 0. The van der Waals surface area contributed by atoms with Gasteiger partial charge in [-0.05, 0) is 31.0 Å². The van der Waals surface area contributed by atoms with Crippen LogP contribution in [0.25, 0.3) is 10.9 Å². The van der Waals surface area contributed by atoms with Crippen molar-refractivity contribution in [2.24, 2.45) is 5.92 Å². The third-order valence-corrected chi connectivity index (χ3v) is 4.49. The molecular weight excluding hydrogens is 314 g/mol. The molecule has 2 aromatic heterocycles. The Morgan fingerprint density at radius 3 is 2.84 bits per heavy atom. The fourth-order valence-corrected chi connectivity index (χ4v) is 3.21. The number of nitrogens with one attached hydrogen (secondary N) is 1. The SMILES string of the molecule is O=C(Nc1cnc2ccccc2c1)C1CCCN(c2ncccn2)C1. The van der Waals surface area contributed by atoms with Gasteiger partial charge in [-0.3, -0.25) is 9.78 Å². The predicted octanol–water partition coefficient (Wildman–Crippen LogP) is 2.88. The first kappa shape index (κ1) is 15.5. The summed E-state index contributed by atoms with van der Waals surface area (Å²) in [6.45, 7) is 1.52. The molecule has 0 spiro atoms. The number of rotatable bonds is 3. The molecule has 1 unspecified atom stereocenters. The van der Waals surface area contributed by atoms with Crippen LogP contribution in [0.5, 0.6) is 0 Å².